The summed E-state index contributed by atoms with van der Waals surface area (Å²) in [5, 5.41) is 7.14. The zero-order valence-corrected chi connectivity index (χ0v) is 16.3. The van der Waals surface area contributed by atoms with Gasteiger partial charge in [0.25, 0.3) is 0 Å². The highest BCUT2D eigenvalue weighted by Crippen LogP contribution is 2.40. The second-order valence-electron chi connectivity index (χ2n) is 5.74. The Balaban J connectivity index is 1.77. The summed E-state index contributed by atoms with van der Waals surface area (Å²) in [6.07, 6.45) is 1.68. The van der Waals surface area contributed by atoms with Gasteiger partial charge in [-0.3, -0.25) is 4.57 Å². The van der Waals surface area contributed by atoms with E-state index in [4.69, 9.17) is 19.9 Å². The van der Waals surface area contributed by atoms with E-state index in [1.165, 1.54) is 0 Å². The topological polar surface area (TPSA) is 109 Å². The molecule has 4 rings (SSSR count). The molecule has 3 N–H and O–H groups in total. The number of nitrogens with one attached hydrogen (secondary N) is 1. The molecule has 0 aliphatic rings. The Labute approximate surface area is 164 Å². The molecule has 0 saturated heterocycles. The van der Waals surface area contributed by atoms with Crippen LogP contribution >= 0.6 is 11.3 Å². The lowest BCUT2D eigenvalue weighted by molar-refractivity contribution is 0.324. The predicted molar refractivity (Wildman–Crippen MR) is 108 cm³/mol. The molecule has 1 aromatic carbocycles. The Morgan fingerprint density at radius 1 is 1.07 bits per heavy atom. The SMILES string of the molecule is COc1cc(Nc2nc(N)c3ncn(-c4ccsc4)c3n2)cc(OC)c1OC. The fourth-order valence-corrected chi connectivity index (χ4v) is 3.47. The number of hydrogen-bond acceptors (Lipinski definition) is 9. The van der Waals surface area contributed by atoms with Crippen molar-refractivity contribution in [2.75, 3.05) is 32.4 Å². The van der Waals surface area contributed by atoms with Crippen molar-refractivity contribution in [2.24, 2.45) is 0 Å². The minimum Gasteiger partial charge on any atom is -0.493 e. The maximum atomic E-state index is 6.10. The molecular weight excluding hydrogens is 380 g/mol. The maximum Gasteiger partial charge on any atom is 0.231 e. The van der Waals surface area contributed by atoms with E-state index in [1.807, 2.05) is 21.4 Å². The Hall–Kier alpha value is -3.53. The molecule has 0 spiro atoms. The number of nitrogens with two attached hydrogens (primary N) is 1. The van der Waals surface area contributed by atoms with Crippen molar-refractivity contribution in [1.29, 1.82) is 0 Å². The van der Waals surface area contributed by atoms with Crippen LogP contribution in [0.2, 0.25) is 0 Å². The molecule has 0 amide bonds. The Bertz CT molecular complexity index is 1100. The van der Waals surface area contributed by atoms with Crippen molar-refractivity contribution in [3.63, 3.8) is 0 Å². The molecule has 0 unspecified atom stereocenters. The Morgan fingerprint density at radius 3 is 2.43 bits per heavy atom. The van der Waals surface area contributed by atoms with Crippen molar-refractivity contribution >= 4 is 40.0 Å². The van der Waals surface area contributed by atoms with Crippen LogP contribution < -0.4 is 25.3 Å². The molecule has 10 heteroatoms. The number of rotatable bonds is 6. The molecule has 0 atom stereocenters. The highest BCUT2D eigenvalue weighted by molar-refractivity contribution is 7.08. The van der Waals surface area contributed by atoms with Gasteiger partial charge in [-0.2, -0.15) is 21.3 Å². The van der Waals surface area contributed by atoms with Crippen LogP contribution in [0, 0.1) is 0 Å². The Morgan fingerprint density at radius 2 is 1.82 bits per heavy atom. The molecule has 0 bridgehead atoms. The molecule has 28 heavy (non-hydrogen) atoms. The summed E-state index contributed by atoms with van der Waals surface area (Å²) in [5.41, 5.74) is 8.88. The van der Waals surface area contributed by atoms with E-state index < -0.39 is 0 Å². The van der Waals surface area contributed by atoms with Gasteiger partial charge in [0.2, 0.25) is 11.7 Å². The number of hydrogen-bond donors (Lipinski definition) is 2. The van der Waals surface area contributed by atoms with Crippen molar-refractivity contribution in [2.45, 2.75) is 0 Å². The van der Waals surface area contributed by atoms with Gasteiger partial charge in [0.15, 0.2) is 28.5 Å². The first-order valence-electron chi connectivity index (χ1n) is 8.24. The third kappa shape index (κ3) is 3.03. The van der Waals surface area contributed by atoms with Gasteiger partial charge in [0, 0.05) is 23.2 Å². The molecule has 3 heterocycles. The maximum absolute atomic E-state index is 6.10. The predicted octanol–water partition coefficient (Wildman–Crippen LogP) is 3.23. The van der Waals surface area contributed by atoms with Crippen LogP contribution in [-0.4, -0.2) is 40.8 Å². The van der Waals surface area contributed by atoms with Crippen LogP contribution in [0.25, 0.3) is 16.9 Å². The molecule has 0 fully saturated rings. The largest absolute Gasteiger partial charge is 0.493 e. The van der Waals surface area contributed by atoms with Crippen LogP contribution in [0.1, 0.15) is 0 Å². The van der Waals surface area contributed by atoms with Gasteiger partial charge in [-0.15, -0.1) is 0 Å². The zero-order chi connectivity index (χ0) is 19.7. The van der Waals surface area contributed by atoms with E-state index in [9.17, 15) is 0 Å². The number of ether oxygens (including phenoxy) is 3. The van der Waals surface area contributed by atoms with Gasteiger partial charge in [0.05, 0.1) is 27.0 Å². The van der Waals surface area contributed by atoms with Gasteiger partial charge in [0.1, 0.15) is 6.33 Å². The van der Waals surface area contributed by atoms with E-state index in [-0.39, 0.29) is 5.82 Å². The van der Waals surface area contributed by atoms with Crippen LogP contribution in [0.5, 0.6) is 17.2 Å². The van der Waals surface area contributed by atoms with E-state index in [1.54, 1.807) is 51.1 Å². The highest BCUT2D eigenvalue weighted by Gasteiger charge is 2.16. The third-order valence-corrected chi connectivity index (χ3v) is 4.80. The van der Waals surface area contributed by atoms with Gasteiger partial charge >= 0.3 is 0 Å². The first kappa shape index (κ1) is 17.9. The van der Waals surface area contributed by atoms with Crippen LogP contribution in [0.15, 0.2) is 35.3 Å². The first-order chi connectivity index (χ1) is 13.6. The molecular formula is C18H18N6O3S. The van der Waals surface area contributed by atoms with Gasteiger partial charge in [-0.1, -0.05) is 0 Å². The summed E-state index contributed by atoms with van der Waals surface area (Å²) < 4.78 is 18.0. The van der Waals surface area contributed by atoms with Gasteiger partial charge in [-0.05, 0) is 11.4 Å². The highest BCUT2D eigenvalue weighted by atomic mass is 32.1. The number of aromatic nitrogens is 4. The summed E-state index contributed by atoms with van der Waals surface area (Å²) in [6, 6.07) is 5.51. The Kier molecular flexibility index (Phi) is 4.62. The van der Waals surface area contributed by atoms with E-state index in [0.717, 1.165) is 5.69 Å². The number of nitrogens with zero attached hydrogens (tertiary/aromatic N) is 4. The van der Waals surface area contributed by atoms with Crippen LogP contribution in [-0.2, 0) is 0 Å². The number of imidazole rings is 1. The normalized spacial score (nSPS) is 10.8. The number of thiophene rings is 1. The fourth-order valence-electron chi connectivity index (χ4n) is 2.84. The average molecular weight is 398 g/mol. The molecule has 0 saturated carbocycles. The molecule has 4 aromatic rings. The lowest BCUT2D eigenvalue weighted by atomic mass is 10.2. The summed E-state index contributed by atoms with van der Waals surface area (Å²) in [4.78, 5) is 13.2. The molecule has 0 aliphatic heterocycles. The van der Waals surface area contributed by atoms with E-state index in [2.05, 4.69) is 20.3 Å². The molecule has 0 radical (unpaired) electrons. The van der Waals surface area contributed by atoms with Crippen molar-refractivity contribution in [3.8, 4) is 22.9 Å². The zero-order valence-electron chi connectivity index (χ0n) is 15.5. The number of fused-ring (bicyclic) bond motifs is 1. The first-order valence-corrected chi connectivity index (χ1v) is 9.19. The number of anilines is 3. The van der Waals surface area contributed by atoms with Gasteiger partial charge < -0.3 is 25.3 Å². The summed E-state index contributed by atoms with van der Waals surface area (Å²) in [6.45, 7) is 0. The quantitative estimate of drug-likeness (QED) is 0.509. The van der Waals surface area contributed by atoms with Crippen molar-refractivity contribution in [3.05, 3.63) is 35.3 Å². The second kappa shape index (κ2) is 7.24. The third-order valence-electron chi connectivity index (χ3n) is 4.13. The standard InChI is InChI=1S/C18H18N6O3S/c1-25-12-6-10(7-13(26-2)15(12)27-3)21-18-22-16(19)14-17(23-18)24(9-20-14)11-4-5-28-8-11/h4-9H,1-3H3,(H3,19,21,22,23). The summed E-state index contributed by atoms with van der Waals surface area (Å²) in [7, 11) is 4.67. The lowest BCUT2D eigenvalue weighted by Crippen LogP contribution is -2.04. The molecule has 9 nitrogen and oxygen atoms in total. The van der Waals surface area contributed by atoms with Gasteiger partial charge in [-0.25, -0.2) is 4.98 Å². The lowest BCUT2D eigenvalue weighted by Gasteiger charge is -2.14. The number of methoxy groups -OCH3 is 3. The fraction of sp³-hybridized carbons (Fsp3) is 0.167. The minimum atomic E-state index is 0.286. The average Bonchev–Trinajstić information content (AvgIpc) is 3.36. The van der Waals surface area contributed by atoms with E-state index >= 15 is 0 Å². The monoisotopic (exact) mass is 398 g/mol. The van der Waals surface area contributed by atoms with Crippen molar-refractivity contribution in [1.82, 2.24) is 19.5 Å². The molecule has 0 aliphatic carbocycles. The molecule has 3 aromatic heterocycles. The number of benzene rings is 1. The summed E-state index contributed by atoms with van der Waals surface area (Å²) >= 11 is 1.59. The minimum absolute atomic E-state index is 0.286. The van der Waals surface area contributed by atoms with Crippen LogP contribution in [0.3, 0.4) is 0 Å². The number of nitrogen functional groups attached to an aromatic ring is 1. The molecule has 144 valence electrons. The van der Waals surface area contributed by atoms with E-state index in [0.29, 0.717) is 40.0 Å². The van der Waals surface area contributed by atoms with Crippen LogP contribution in [0.4, 0.5) is 17.5 Å². The summed E-state index contributed by atoms with van der Waals surface area (Å²) in [5.74, 6) is 2.15. The van der Waals surface area contributed by atoms with Crippen molar-refractivity contribution < 1.29 is 14.2 Å². The smallest absolute Gasteiger partial charge is 0.231 e. The second-order valence-corrected chi connectivity index (χ2v) is 6.52.